The Bertz CT molecular complexity index is 929. The molecular weight excluding hydrogens is 324 g/mol. The molecule has 0 aliphatic heterocycles. The number of aryl methyl sites for hydroxylation is 1. The second-order valence-electron chi connectivity index (χ2n) is 7.08. The first-order valence-electron chi connectivity index (χ1n) is 9.17. The Morgan fingerprint density at radius 2 is 1.85 bits per heavy atom. The third kappa shape index (κ3) is 2.60. The summed E-state index contributed by atoms with van der Waals surface area (Å²) in [6, 6.07) is 16.8. The fourth-order valence-electron chi connectivity index (χ4n) is 3.99. The summed E-state index contributed by atoms with van der Waals surface area (Å²) in [6.45, 7) is 0. The molecule has 0 unspecified atom stereocenters. The van der Waals surface area contributed by atoms with Gasteiger partial charge in [0.15, 0.2) is 0 Å². The molecule has 1 fully saturated rings. The Morgan fingerprint density at radius 3 is 2.58 bits per heavy atom. The minimum Gasteiger partial charge on any atom is -0.329 e. The summed E-state index contributed by atoms with van der Waals surface area (Å²) < 4.78 is 1.69. The fourth-order valence-corrected chi connectivity index (χ4v) is 3.99. The Kier molecular flexibility index (Phi) is 3.59. The molecule has 2 aliphatic rings. The van der Waals surface area contributed by atoms with Crippen LogP contribution in [0.25, 0.3) is 5.69 Å². The second kappa shape index (κ2) is 6.09. The molecule has 0 saturated heterocycles. The van der Waals surface area contributed by atoms with Crippen LogP contribution in [0.15, 0.2) is 61.2 Å². The summed E-state index contributed by atoms with van der Waals surface area (Å²) >= 11 is 0. The van der Waals surface area contributed by atoms with Crippen LogP contribution in [0.3, 0.4) is 0 Å². The van der Waals surface area contributed by atoms with E-state index >= 15 is 0 Å². The molecule has 3 aromatic rings. The molecule has 2 aliphatic carbocycles. The normalized spacial score (nSPS) is 18.5. The van der Waals surface area contributed by atoms with Gasteiger partial charge in [0.25, 0.3) is 5.91 Å². The highest BCUT2D eigenvalue weighted by Crippen LogP contribution is 2.42. The molecular formula is C21H20N4O. The van der Waals surface area contributed by atoms with Crippen molar-refractivity contribution >= 4 is 5.91 Å². The van der Waals surface area contributed by atoms with Gasteiger partial charge in [-0.15, -0.1) is 0 Å². The topological polar surface area (TPSA) is 51.0 Å². The van der Waals surface area contributed by atoms with Gasteiger partial charge >= 0.3 is 0 Å². The van der Waals surface area contributed by atoms with Gasteiger partial charge in [0.05, 0.1) is 11.7 Å². The lowest BCUT2D eigenvalue weighted by Crippen LogP contribution is -2.36. The van der Waals surface area contributed by atoms with Crippen molar-refractivity contribution in [2.45, 2.75) is 37.8 Å². The van der Waals surface area contributed by atoms with Gasteiger partial charge in [-0.25, -0.2) is 9.67 Å². The van der Waals surface area contributed by atoms with Gasteiger partial charge in [0.1, 0.15) is 12.7 Å². The van der Waals surface area contributed by atoms with Gasteiger partial charge < -0.3 is 4.90 Å². The monoisotopic (exact) mass is 344 g/mol. The summed E-state index contributed by atoms with van der Waals surface area (Å²) in [4.78, 5) is 19.4. The van der Waals surface area contributed by atoms with E-state index in [4.69, 9.17) is 0 Å². The van der Waals surface area contributed by atoms with Crippen molar-refractivity contribution in [3.63, 3.8) is 0 Å². The highest BCUT2D eigenvalue weighted by atomic mass is 16.2. The van der Waals surface area contributed by atoms with Crippen LogP contribution < -0.4 is 0 Å². The van der Waals surface area contributed by atoms with E-state index in [-0.39, 0.29) is 11.9 Å². The molecule has 5 nitrogen and oxygen atoms in total. The van der Waals surface area contributed by atoms with Crippen LogP contribution in [0, 0.1) is 0 Å². The molecule has 0 spiro atoms. The van der Waals surface area contributed by atoms with E-state index in [1.807, 2.05) is 24.3 Å². The molecule has 0 bridgehead atoms. The Balaban J connectivity index is 1.44. The van der Waals surface area contributed by atoms with Crippen molar-refractivity contribution in [1.29, 1.82) is 0 Å². The summed E-state index contributed by atoms with van der Waals surface area (Å²) in [5.41, 5.74) is 4.36. The Morgan fingerprint density at radius 1 is 1.04 bits per heavy atom. The molecule has 5 heteroatoms. The molecule has 130 valence electrons. The average molecular weight is 344 g/mol. The lowest BCUT2D eigenvalue weighted by Gasteiger charge is -2.30. The third-order valence-corrected chi connectivity index (χ3v) is 5.41. The second-order valence-corrected chi connectivity index (χ2v) is 7.08. The zero-order chi connectivity index (χ0) is 17.5. The van der Waals surface area contributed by atoms with Crippen LogP contribution in [0.1, 0.15) is 46.8 Å². The van der Waals surface area contributed by atoms with Crippen LogP contribution >= 0.6 is 0 Å². The van der Waals surface area contributed by atoms with E-state index in [1.165, 1.54) is 17.5 Å². The lowest BCUT2D eigenvalue weighted by molar-refractivity contribution is 0.0658. The maximum absolute atomic E-state index is 13.3. The van der Waals surface area contributed by atoms with Crippen molar-refractivity contribution in [1.82, 2.24) is 19.7 Å². The molecule has 1 aromatic heterocycles. The van der Waals surface area contributed by atoms with Gasteiger partial charge in [-0.05, 0) is 61.1 Å². The summed E-state index contributed by atoms with van der Waals surface area (Å²) in [7, 11) is 0. The zero-order valence-electron chi connectivity index (χ0n) is 14.5. The fraction of sp³-hybridized carbons (Fsp3) is 0.286. The number of amides is 1. The van der Waals surface area contributed by atoms with Crippen LogP contribution in [0.5, 0.6) is 0 Å². The van der Waals surface area contributed by atoms with Crippen LogP contribution in [0.4, 0.5) is 0 Å². The molecule has 5 rings (SSSR count). The van der Waals surface area contributed by atoms with E-state index in [9.17, 15) is 4.79 Å². The standard InChI is InChI=1S/C21H20N4O/c26-21(16-5-8-17(9-6-16)24-14-22-13-23-24)25(18-10-11-18)20-12-7-15-3-1-2-4-19(15)20/h1-6,8-9,13-14,18,20H,7,10-12H2/t20-/m1/s1. The van der Waals surface area contributed by atoms with E-state index in [1.54, 1.807) is 11.0 Å². The van der Waals surface area contributed by atoms with E-state index in [2.05, 4.69) is 39.2 Å². The molecule has 1 atom stereocenters. The van der Waals surface area contributed by atoms with Crippen LogP contribution in [0.2, 0.25) is 0 Å². The number of nitrogens with zero attached hydrogens (tertiary/aromatic N) is 4. The van der Waals surface area contributed by atoms with Gasteiger partial charge in [0.2, 0.25) is 0 Å². The quantitative estimate of drug-likeness (QED) is 0.727. The average Bonchev–Trinajstić information content (AvgIpc) is 3.20. The van der Waals surface area contributed by atoms with Crippen LogP contribution in [-0.4, -0.2) is 31.6 Å². The molecule has 1 saturated carbocycles. The highest BCUT2D eigenvalue weighted by Gasteiger charge is 2.40. The number of hydrogen-bond acceptors (Lipinski definition) is 3. The molecule has 1 amide bonds. The number of rotatable bonds is 4. The minimum absolute atomic E-state index is 0.138. The largest absolute Gasteiger partial charge is 0.329 e. The lowest BCUT2D eigenvalue weighted by atomic mass is 10.0. The van der Waals surface area contributed by atoms with E-state index in [0.717, 1.165) is 36.9 Å². The van der Waals surface area contributed by atoms with Gasteiger partial charge in [-0.1, -0.05) is 24.3 Å². The summed E-state index contributed by atoms with van der Waals surface area (Å²) in [6.07, 6.45) is 7.47. The predicted molar refractivity (Wildman–Crippen MR) is 98.1 cm³/mol. The highest BCUT2D eigenvalue weighted by molar-refractivity contribution is 5.95. The smallest absolute Gasteiger partial charge is 0.254 e. The number of aromatic nitrogens is 3. The SMILES string of the molecule is O=C(c1ccc(-n2cncn2)cc1)N(C1CC1)[C@@H]1CCc2ccccc21. The first-order valence-corrected chi connectivity index (χ1v) is 9.17. The number of carbonyl (C=O) groups excluding carboxylic acids is 1. The molecule has 1 heterocycles. The number of benzene rings is 2. The molecule has 0 N–H and O–H groups in total. The van der Waals surface area contributed by atoms with E-state index in [0.29, 0.717) is 6.04 Å². The van der Waals surface area contributed by atoms with Crippen molar-refractivity contribution < 1.29 is 4.79 Å². The minimum atomic E-state index is 0.138. The zero-order valence-corrected chi connectivity index (χ0v) is 14.5. The summed E-state index contributed by atoms with van der Waals surface area (Å²) in [5.74, 6) is 0.138. The molecule has 26 heavy (non-hydrogen) atoms. The van der Waals surface area contributed by atoms with Crippen LogP contribution in [-0.2, 0) is 6.42 Å². The molecule has 2 aromatic carbocycles. The van der Waals surface area contributed by atoms with Crippen molar-refractivity contribution in [3.8, 4) is 5.69 Å². The molecule has 0 radical (unpaired) electrons. The van der Waals surface area contributed by atoms with Gasteiger partial charge in [0, 0.05) is 11.6 Å². The Hall–Kier alpha value is -2.95. The van der Waals surface area contributed by atoms with Crippen molar-refractivity contribution in [2.75, 3.05) is 0 Å². The van der Waals surface area contributed by atoms with E-state index < -0.39 is 0 Å². The van der Waals surface area contributed by atoms with Crippen molar-refractivity contribution in [2.24, 2.45) is 0 Å². The first-order chi connectivity index (χ1) is 12.8. The third-order valence-electron chi connectivity index (χ3n) is 5.41. The Labute approximate surface area is 152 Å². The maximum Gasteiger partial charge on any atom is 0.254 e. The van der Waals surface area contributed by atoms with Gasteiger partial charge in [-0.3, -0.25) is 4.79 Å². The summed E-state index contributed by atoms with van der Waals surface area (Å²) in [5, 5.41) is 4.13. The van der Waals surface area contributed by atoms with Crippen molar-refractivity contribution in [3.05, 3.63) is 77.9 Å². The number of carbonyl (C=O) groups is 1. The van der Waals surface area contributed by atoms with Gasteiger partial charge in [-0.2, -0.15) is 5.10 Å². The predicted octanol–water partition coefficient (Wildman–Crippen LogP) is 3.56. The number of fused-ring (bicyclic) bond motifs is 1. The first kappa shape index (κ1) is 15.3. The number of hydrogen-bond donors (Lipinski definition) is 0. The maximum atomic E-state index is 13.3.